The minimum atomic E-state index is 0. The molecule has 2 aliphatic rings. The number of benzene rings is 1. The Labute approximate surface area is 196 Å². The van der Waals surface area contributed by atoms with Gasteiger partial charge in [-0.2, -0.15) is 0 Å². The molecule has 0 amide bonds. The molecule has 8 nitrogen and oxygen atoms in total. The summed E-state index contributed by atoms with van der Waals surface area (Å²) in [5, 5.41) is 6.54. The average molecular weight is 535 g/mol. The highest BCUT2D eigenvalue weighted by molar-refractivity contribution is 14.0. The van der Waals surface area contributed by atoms with E-state index in [1.54, 1.807) is 0 Å². The van der Waals surface area contributed by atoms with Crippen molar-refractivity contribution in [3.63, 3.8) is 0 Å². The van der Waals surface area contributed by atoms with Crippen LogP contribution in [0.15, 0.2) is 23.2 Å². The van der Waals surface area contributed by atoms with Gasteiger partial charge in [-0.3, -0.25) is 4.99 Å². The number of hydrogen-bond donors (Lipinski definition) is 2. The summed E-state index contributed by atoms with van der Waals surface area (Å²) in [7, 11) is 0. The minimum Gasteiger partial charge on any atom is -0.492 e. The van der Waals surface area contributed by atoms with Crippen LogP contribution in [0.4, 0.5) is 0 Å². The highest BCUT2D eigenvalue weighted by atomic mass is 127. The molecule has 1 aromatic rings. The van der Waals surface area contributed by atoms with Gasteiger partial charge < -0.3 is 34.3 Å². The van der Waals surface area contributed by atoms with Crippen molar-refractivity contribution >= 4 is 29.9 Å². The Hall–Kier alpha value is -1.46. The molecule has 170 valence electrons. The van der Waals surface area contributed by atoms with Gasteiger partial charge in [0.25, 0.3) is 0 Å². The van der Waals surface area contributed by atoms with Crippen molar-refractivity contribution in [1.29, 1.82) is 0 Å². The molecular formula is C21H34IN3O5. The van der Waals surface area contributed by atoms with Crippen LogP contribution in [0.2, 0.25) is 0 Å². The van der Waals surface area contributed by atoms with Crippen LogP contribution >= 0.6 is 24.0 Å². The Morgan fingerprint density at radius 1 is 1.13 bits per heavy atom. The zero-order chi connectivity index (χ0) is 20.2. The maximum Gasteiger partial charge on any atom is 0.231 e. The molecule has 0 atom stereocenters. The molecule has 2 heterocycles. The van der Waals surface area contributed by atoms with Crippen LogP contribution in [0.1, 0.15) is 26.2 Å². The number of guanidine groups is 1. The molecule has 9 heteroatoms. The summed E-state index contributed by atoms with van der Waals surface area (Å²) < 4.78 is 27.6. The summed E-state index contributed by atoms with van der Waals surface area (Å²) in [5.41, 5.74) is 0. The highest BCUT2D eigenvalue weighted by Crippen LogP contribution is 2.34. The first-order valence-corrected chi connectivity index (χ1v) is 10.5. The first-order chi connectivity index (χ1) is 14.3. The van der Waals surface area contributed by atoms with E-state index >= 15 is 0 Å². The van der Waals surface area contributed by atoms with Crippen molar-refractivity contribution < 1.29 is 23.7 Å². The third-order valence-electron chi connectivity index (χ3n) is 4.76. The van der Waals surface area contributed by atoms with Crippen molar-refractivity contribution in [2.75, 3.05) is 59.5 Å². The van der Waals surface area contributed by atoms with Crippen molar-refractivity contribution in [2.24, 2.45) is 10.9 Å². The number of fused-ring (bicyclic) bond motifs is 1. The highest BCUT2D eigenvalue weighted by Gasteiger charge is 2.14. The smallest absolute Gasteiger partial charge is 0.231 e. The van der Waals surface area contributed by atoms with Gasteiger partial charge in [0, 0.05) is 45.6 Å². The summed E-state index contributed by atoms with van der Waals surface area (Å²) in [4.78, 5) is 4.59. The van der Waals surface area contributed by atoms with Gasteiger partial charge >= 0.3 is 0 Å². The predicted molar refractivity (Wildman–Crippen MR) is 126 cm³/mol. The Bertz CT molecular complexity index is 641. The first-order valence-electron chi connectivity index (χ1n) is 10.5. The van der Waals surface area contributed by atoms with E-state index in [0.29, 0.717) is 19.1 Å². The standard InChI is InChI=1S/C21H33N3O5.HI/c1-2-22-21(23-8-3-10-26-15-17-6-11-25-12-7-17)24-9-13-27-18-4-5-19-20(14-18)29-16-28-19;/h4-5,14,17H,2-3,6-13,15-16H2,1H3,(H2,22,23,24);1H. The Morgan fingerprint density at radius 3 is 2.80 bits per heavy atom. The second-order valence-corrected chi connectivity index (χ2v) is 7.04. The largest absolute Gasteiger partial charge is 0.492 e. The van der Waals surface area contributed by atoms with E-state index in [2.05, 4.69) is 22.5 Å². The third-order valence-corrected chi connectivity index (χ3v) is 4.76. The number of ether oxygens (including phenoxy) is 5. The summed E-state index contributed by atoms with van der Waals surface area (Å²) in [6, 6.07) is 5.59. The monoisotopic (exact) mass is 535 g/mol. The number of nitrogens with one attached hydrogen (secondary N) is 2. The lowest BCUT2D eigenvalue weighted by molar-refractivity contribution is 0.0205. The summed E-state index contributed by atoms with van der Waals surface area (Å²) in [5.74, 6) is 3.69. The van der Waals surface area contributed by atoms with Gasteiger partial charge in [-0.25, -0.2) is 0 Å². The number of aliphatic imine (C=N–C) groups is 1. The molecule has 0 saturated carbocycles. The Morgan fingerprint density at radius 2 is 1.97 bits per heavy atom. The van der Waals surface area contributed by atoms with Gasteiger partial charge in [0.1, 0.15) is 12.4 Å². The summed E-state index contributed by atoms with van der Waals surface area (Å²) >= 11 is 0. The van der Waals surface area contributed by atoms with Gasteiger partial charge in [-0.15, -0.1) is 24.0 Å². The quantitative estimate of drug-likeness (QED) is 0.195. The Kier molecular flexibility index (Phi) is 12.0. The lowest BCUT2D eigenvalue weighted by atomic mass is 10.0. The van der Waals surface area contributed by atoms with E-state index in [0.717, 1.165) is 82.0 Å². The lowest BCUT2D eigenvalue weighted by Gasteiger charge is -2.21. The van der Waals surface area contributed by atoms with E-state index in [9.17, 15) is 0 Å². The third kappa shape index (κ3) is 8.73. The van der Waals surface area contributed by atoms with E-state index < -0.39 is 0 Å². The van der Waals surface area contributed by atoms with Gasteiger partial charge in [0.2, 0.25) is 6.79 Å². The molecule has 3 rings (SSSR count). The second kappa shape index (κ2) is 14.5. The SMILES string of the molecule is CCNC(=NCCCOCC1CCOCC1)NCCOc1ccc2c(c1)OCO2.I. The summed E-state index contributed by atoms with van der Waals surface area (Å²) in [6.45, 7) is 8.36. The predicted octanol–water partition coefficient (Wildman–Crippen LogP) is 2.80. The van der Waals surface area contributed by atoms with Gasteiger partial charge in [-0.1, -0.05) is 0 Å². The molecule has 30 heavy (non-hydrogen) atoms. The maximum absolute atomic E-state index is 5.79. The zero-order valence-corrected chi connectivity index (χ0v) is 20.0. The van der Waals surface area contributed by atoms with Crippen LogP contribution in [-0.2, 0) is 9.47 Å². The average Bonchev–Trinajstić information content (AvgIpc) is 3.22. The van der Waals surface area contributed by atoms with Crippen LogP contribution in [0.5, 0.6) is 17.2 Å². The number of hydrogen-bond acceptors (Lipinski definition) is 6. The molecule has 2 aliphatic heterocycles. The van der Waals surface area contributed by atoms with Gasteiger partial charge in [0.05, 0.1) is 6.54 Å². The molecule has 1 fully saturated rings. The molecule has 0 bridgehead atoms. The van der Waals surface area contributed by atoms with E-state index in [-0.39, 0.29) is 30.8 Å². The maximum atomic E-state index is 5.79. The van der Waals surface area contributed by atoms with Crippen molar-refractivity contribution in [1.82, 2.24) is 10.6 Å². The van der Waals surface area contributed by atoms with Crippen LogP contribution in [0.25, 0.3) is 0 Å². The molecular weight excluding hydrogens is 501 g/mol. The fourth-order valence-electron chi connectivity index (χ4n) is 3.17. The molecule has 0 aromatic heterocycles. The van der Waals surface area contributed by atoms with Crippen LogP contribution < -0.4 is 24.8 Å². The minimum absolute atomic E-state index is 0. The van der Waals surface area contributed by atoms with E-state index in [1.807, 2.05) is 18.2 Å². The number of halogens is 1. The fourth-order valence-corrected chi connectivity index (χ4v) is 3.17. The normalized spacial score (nSPS) is 16.1. The first kappa shape index (κ1) is 24.8. The second-order valence-electron chi connectivity index (χ2n) is 7.04. The molecule has 0 unspecified atom stereocenters. The zero-order valence-electron chi connectivity index (χ0n) is 17.7. The van der Waals surface area contributed by atoms with Crippen molar-refractivity contribution in [2.45, 2.75) is 26.2 Å². The fraction of sp³-hybridized carbons (Fsp3) is 0.667. The molecule has 0 spiro atoms. The van der Waals surface area contributed by atoms with Gasteiger partial charge in [-0.05, 0) is 44.2 Å². The van der Waals surface area contributed by atoms with E-state index in [4.69, 9.17) is 23.7 Å². The van der Waals surface area contributed by atoms with E-state index in [1.165, 1.54) is 0 Å². The molecule has 1 aromatic carbocycles. The van der Waals surface area contributed by atoms with Crippen LogP contribution in [-0.4, -0.2) is 65.4 Å². The topological polar surface area (TPSA) is 82.6 Å². The molecule has 0 aliphatic carbocycles. The lowest BCUT2D eigenvalue weighted by Crippen LogP contribution is -2.39. The molecule has 1 saturated heterocycles. The molecule has 0 radical (unpaired) electrons. The van der Waals surface area contributed by atoms with Crippen molar-refractivity contribution in [3.8, 4) is 17.2 Å². The van der Waals surface area contributed by atoms with Crippen LogP contribution in [0.3, 0.4) is 0 Å². The molecule has 2 N–H and O–H groups in total. The summed E-state index contributed by atoms with van der Waals surface area (Å²) in [6.07, 6.45) is 3.13. The number of nitrogens with zero attached hydrogens (tertiary/aromatic N) is 1. The van der Waals surface area contributed by atoms with Crippen molar-refractivity contribution in [3.05, 3.63) is 18.2 Å². The van der Waals surface area contributed by atoms with Crippen LogP contribution in [0, 0.1) is 5.92 Å². The number of rotatable bonds is 11. The van der Waals surface area contributed by atoms with Gasteiger partial charge in [0.15, 0.2) is 17.5 Å². The Balaban J connectivity index is 0.00000320.